The van der Waals surface area contributed by atoms with E-state index < -0.39 is 0 Å². The van der Waals surface area contributed by atoms with Crippen LogP contribution in [0.5, 0.6) is 5.75 Å². The molecule has 0 spiro atoms. The minimum atomic E-state index is 0.247. The highest BCUT2D eigenvalue weighted by molar-refractivity contribution is 6.30. The van der Waals surface area contributed by atoms with Crippen LogP contribution in [0, 0.1) is 0 Å². The molecule has 0 radical (unpaired) electrons. The number of halogens is 1. The number of hydrogen-bond acceptors (Lipinski definition) is 3. The van der Waals surface area contributed by atoms with E-state index in [9.17, 15) is 5.11 Å². The molecule has 0 bridgehead atoms. The molecule has 0 aromatic heterocycles. The molecule has 1 saturated heterocycles. The zero-order valence-electron chi connectivity index (χ0n) is 9.81. The highest BCUT2D eigenvalue weighted by Gasteiger charge is 2.22. The summed E-state index contributed by atoms with van der Waals surface area (Å²) in [5.41, 5.74) is 0. The van der Waals surface area contributed by atoms with Crippen molar-refractivity contribution in [2.24, 2.45) is 0 Å². The van der Waals surface area contributed by atoms with E-state index in [1.807, 2.05) is 24.3 Å². The molecule has 1 aliphatic heterocycles. The molecular formula is C13H18ClNO2. The first-order valence-electron chi connectivity index (χ1n) is 6.03. The van der Waals surface area contributed by atoms with Gasteiger partial charge in [-0.1, -0.05) is 17.7 Å². The van der Waals surface area contributed by atoms with E-state index in [4.69, 9.17) is 16.3 Å². The van der Waals surface area contributed by atoms with E-state index in [-0.39, 0.29) is 6.61 Å². The summed E-state index contributed by atoms with van der Waals surface area (Å²) in [6.07, 6.45) is 2.26. The van der Waals surface area contributed by atoms with Crippen molar-refractivity contribution in [1.82, 2.24) is 4.90 Å². The molecule has 1 fully saturated rings. The molecule has 1 aromatic rings. The summed E-state index contributed by atoms with van der Waals surface area (Å²) in [7, 11) is 0. The van der Waals surface area contributed by atoms with Gasteiger partial charge in [-0.3, -0.25) is 4.90 Å². The van der Waals surface area contributed by atoms with E-state index in [1.165, 1.54) is 6.42 Å². The number of nitrogens with zero attached hydrogens (tertiary/aromatic N) is 1. The summed E-state index contributed by atoms with van der Waals surface area (Å²) in [6.45, 7) is 2.80. The number of benzene rings is 1. The largest absolute Gasteiger partial charge is 0.492 e. The van der Waals surface area contributed by atoms with Crippen LogP contribution >= 0.6 is 11.6 Å². The molecule has 1 unspecified atom stereocenters. The average molecular weight is 256 g/mol. The smallest absolute Gasteiger partial charge is 0.120 e. The number of aliphatic hydroxyl groups excluding tert-OH is 1. The normalized spacial score (nSPS) is 20.7. The lowest BCUT2D eigenvalue weighted by Crippen LogP contribution is -2.35. The fourth-order valence-electron chi connectivity index (χ4n) is 2.23. The van der Waals surface area contributed by atoms with Crippen molar-refractivity contribution in [3.8, 4) is 5.75 Å². The van der Waals surface area contributed by atoms with Gasteiger partial charge in [-0.05, 0) is 37.6 Å². The Morgan fingerprint density at radius 1 is 1.47 bits per heavy atom. The van der Waals surface area contributed by atoms with Crippen molar-refractivity contribution in [2.75, 3.05) is 26.3 Å². The second-order valence-electron chi connectivity index (χ2n) is 4.32. The van der Waals surface area contributed by atoms with Crippen LogP contribution in [0.15, 0.2) is 24.3 Å². The molecule has 0 saturated carbocycles. The number of aliphatic hydroxyl groups is 1. The zero-order chi connectivity index (χ0) is 12.1. The first-order valence-corrected chi connectivity index (χ1v) is 6.40. The van der Waals surface area contributed by atoms with Crippen LogP contribution in [0.3, 0.4) is 0 Å². The van der Waals surface area contributed by atoms with Gasteiger partial charge in [0.05, 0.1) is 6.61 Å². The number of ether oxygens (including phenoxy) is 1. The van der Waals surface area contributed by atoms with Gasteiger partial charge in [0.2, 0.25) is 0 Å². The van der Waals surface area contributed by atoms with E-state index in [0.717, 1.165) is 25.3 Å². The molecule has 2 rings (SSSR count). The average Bonchev–Trinajstić information content (AvgIpc) is 2.77. The van der Waals surface area contributed by atoms with Crippen LogP contribution in [0.4, 0.5) is 0 Å². The molecule has 0 aliphatic carbocycles. The van der Waals surface area contributed by atoms with Gasteiger partial charge in [0.1, 0.15) is 12.4 Å². The Balaban J connectivity index is 1.76. The van der Waals surface area contributed by atoms with Gasteiger partial charge in [-0.25, -0.2) is 0 Å². The molecule has 1 aromatic carbocycles. The maximum absolute atomic E-state index is 9.19. The van der Waals surface area contributed by atoms with Gasteiger partial charge in [0, 0.05) is 17.6 Å². The van der Waals surface area contributed by atoms with Crippen molar-refractivity contribution in [3.05, 3.63) is 29.3 Å². The predicted molar refractivity (Wildman–Crippen MR) is 68.6 cm³/mol. The SMILES string of the molecule is OCC1CCCN1CCOc1cccc(Cl)c1. The lowest BCUT2D eigenvalue weighted by molar-refractivity contribution is 0.139. The van der Waals surface area contributed by atoms with Crippen LogP contribution in [-0.2, 0) is 0 Å². The third kappa shape index (κ3) is 3.60. The van der Waals surface area contributed by atoms with Crippen molar-refractivity contribution in [3.63, 3.8) is 0 Å². The van der Waals surface area contributed by atoms with Gasteiger partial charge in [-0.2, -0.15) is 0 Å². The standard InChI is InChI=1S/C13H18ClNO2/c14-11-3-1-5-13(9-11)17-8-7-15-6-2-4-12(15)10-16/h1,3,5,9,12,16H,2,4,6-8,10H2. The van der Waals surface area contributed by atoms with E-state index in [2.05, 4.69) is 4.90 Å². The quantitative estimate of drug-likeness (QED) is 0.875. The molecule has 0 amide bonds. The van der Waals surface area contributed by atoms with Crippen LogP contribution in [-0.4, -0.2) is 42.4 Å². The Morgan fingerprint density at radius 3 is 3.12 bits per heavy atom. The number of likely N-dealkylation sites (tertiary alicyclic amines) is 1. The minimum absolute atomic E-state index is 0.247. The lowest BCUT2D eigenvalue weighted by atomic mass is 10.2. The summed E-state index contributed by atoms with van der Waals surface area (Å²) in [5.74, 6) is 0.803. The Labute approximate surface area is 107 Å². The third-order valence-electron chi connectivity index (χ3n) is 3.15. The van der Waals surface area contributed by atoms with Crippen molar-refractivity contribution < 1.29 is 9.84 Å². The van der Waals surface area contributed by atoms with E-state index in [0.29, 0.717) is 17.7 Å². The maximum Gasteiger partial charge on any atom is 0.120 e. The summed E-state index contributed by atoms with van der Waals surface area (Å²) in [4.78, 5) is 2.28. The van der Waals surface area contributed by atoms with Crippen molar-refractivity contribution in [1.29, 1.82) is 0 Å². The molecule has 17 heavy (non-hydrogen) atoms. The van der Waals surface area contributed by atoms with Gasteiger partial charge in [0.25, 0.3) is 0 Å². The molecule has 1 N–H and O–H groups in total. The van der Waals surface area contributed by atoms with Crippen molar-refractivity contribution in [2.45, 2.75) is 18.9 Å². The molecule has 4 heteroatoms. The molecule has 1 heterocycles. The van der Waals surface area contributed by atoms with Crippen molar-refractivity contribution >= 4 is 11.6 Å². The molecule has 3 nitrogen and oxygen atoms in total. The first-order chi connectivity index (χ1) is 8.29. The van der Waals surface area contributed by atoms with Gasteiger partial charge < -0.3 is 9.84 Å². The van der Waals surface area contributed by atoms with E-state index in [1.54, 1.807) is 0 Å². The third-order valence-corrected chi connectivity index (χ3v) is 3.39. The number of hydrogen-bond donors (Lipinski definition) is 1. The van der Waals surface area contributed by atoms with Gasteiger partial charge >= 0.3 is 0 Å². The zero-order valence-corrected chi connectivity index (χ0v) is 10.6. The second-order valence-corrected chi connectivity index (χ2v) is 4.76. The number of rotatable bonds is 5. The highest BCUT2D eigenvalue weighted by Crippen LogP contribution is 2.18. The first kappa shape index (κ1) is 12.7. The summed E-state index contributed by atoms with van der Waals surface area (Å²) in [5, 5.41) is 9.88. The summed E-state index contributed by atoms with van der Waals surface area (Å²) < 4.78 is 5.63. The molecule has 1 aliphatic rings. The topological polar surface area (TPSA) is 32.7 Å². The monoisotopic (exact) mass is 255 g/mol. The molecule has 94 valence electrons. The van der Waals surface area contributed by atoms with Crippen LogP contribution in [0.2, 0.25) is 5.02 Å². The Hall–Kier alpha value is -0.770. The fourth-order valence-corrected chi connectivity index (χ4v) is 2.41. The Kier molecular flexibility index (Phi) is 4.66. The highest BCUT2D eigenvalue weighted by atomic mass is 35.5. The van der Waals surface area contributed by atoms with Crippen LogP contribution in [0.1, 0.15) is 12.8 Å². The van der Waals surface area contributed by atoms with Gasteiger partial charge in [-0.15, -0.1) is 0 Å². The Bertz CT molecular complexity index is 359. The maximum atomic E-state index is 9.19. The second kappa shape index (κ2) is 6.24. The minimum Gasteiger partial charge on any atom is -0.492 e. The van der Waals surface area contributed by atoms with Crippen LogP contribution in [0.25, 0.3) is 0 Å². The van der Waals surface area contributed by atoms with Gasteiger partial charge in [0.15, 0.2) is 0 Å². The van der Waals surface area contributed by atoms with Crippen LogP contribution < -0.4 is 4.74 Å². The fraction of sp³-hybridized carbons (Fsp3) is 0.538. The predicted octanol–water partition coefficient (Wildman–Crippen LogP) is 2.18. The molecular weight excluding hydrogens is 238 g/mol. The Morgan fingerprint density at radius 2 is 2.35 bits per heavy atom. The summed E-state index contributed by atoms with van der Waals surface area (Å²) >= 11 is 5.87. The lowest BCUT2D eigenvalue weighted by Gasteiger charge is -2.22. The summed E-state index contributed by atoms with van der Waals surface area (Å²) in [6, 6.07) is 7.74. The van der Waals surface area contributed by atoms with E-state index >= 15 is 0 Å². The molecule has 1 atom stereocenters.